The Kier molecular flexibility index (Phi) is 4.58. The molecule has 1 aromatic heterocycles. The van der Waals surface area contributed by atoms with Gasteiger partial charge in [0.15, 0.2) is 0 Å². The average Bonchev–Trinajstić information content (AvgIpc) is 2.94. The normalized spacial score (nSPS) is 24.9. The molecule has 0 amide bonds. The predicted molar refractivity (Wildman–Crippen MR) is 88.8 cm³/mol. The molecular weight excluding hydrogens is 318 g/mol. The second-order valence-electron chi connectivity index (χ2n) is 7.12. The first kappa shape index (κ1) is 16.3. The van der Waals surface area contributed by atoms with E-state index in [9.17, 15) is 8.42 Å². The van der Waals surface area contributed by atoms with Crippen molar-refractivity contribution in [3.05, 3.63) is 10.0 Å². The molecule has 0 saturated carbocycles. The van der Waals surface area contributed by atoms with E-state index in [2.05, 4.69) is 28.9 Å². The van der Waals surface area contributed by atoms with Crippen LogP contribution in [0.5, 0.6) is 0 Å². The first-order valence-corrected chi connectivity index (χ1v) is 10.8. The number of sulfone groups is 1. The van der Waals surface area contributed by atoms with E-state index in [1.54, 1.807) is 11.3 Å². The third-order valence-electron chi connectivity index (χ3n) is 5.14. The zero-order chi connectivity index (χ0) is 15.8. The molecule has 5 nitrogen and oxygen atoms in total. The van der Waals surface area contributed by atoms with E-state index in [-0.39, 0.29) is 5.41 Å². The summed E-state index contributed by atoms with van der Waals surface area (Å²) in [4.78, 5) is 2.44. The van der Waals surface area contributed by atoms with Crippen molar-refractivity contribution >= 4 is 21.2 Å². The average molecular weight is 344 g/mol. The largest absolute Gasteiger partial charge is 0.297 e. The molecule has 2 aliphatic heterocycles. The topological polar surface area (TPSA) is 63.2 Å². The zero-order valence-electron chi connectivity index (χ0n) is 13.4. The van der Waals surface area contributed by atoms with Crippen LogP contribution in [0.4, 0.5) is 0 Å². The van der Waals surface area contributed by atoms with Gasteiger partial charge in [0.1, 0.15) is 19.9 Å². The predicted octanol–water partition coefficient (Wildman–Crippen LogP) is 2.45. The van der Waals surface area contributed by atoms with Crippen LogP contribution in [0.1, 0.15) is 55.5 Å². The summed E-state index contributed by atoms with van der Waals surface area (Å²) in [5.74, 6) is 1.22. The van der Waals surface area contributed by atoms with Crippen molar-refractivity contribution < 1.29 is 8.42 Å². The van der Waals surface area contributed by atoms with Gasteiger partial charge in [0, 0.05) is 5.92 Å². The molecule has 1 aromatic rings. The fourth-order valence-electron chi connectivity index (χ4n) is 3.41. The van der Waals surface area contributed by atoms with Crippen LogP contribution < -0.4 is 0 Å². The van der Waals surface area contributed by atoms with E-state index in [1.165, 1.54) is 0 Å². The van der Waals surface area contributed by atoms with Gasteiger partial charge in [-0.3, -0.25) is 4.90 Å². The van der Waals surface area contributed by atoms with Gasteiger partial charge in [0.05, 0.1) is 18.1 Å². The number of hydrogen-bond acceptors (Lipinski definition) is 6. The Morgan fingerprint density at radius 2 is 1.77 bits per heavy atom. The summed E-state index contributed by atoms with van der Waals surface area (Å²) in [5, 5.41) is 10.8. The van der Waals surface area contributed by atoms with E-state index < -0.39 is 9.84 Å². The molecule has 124 valence electrons. The zero-order valence-corrected chi connectivity index (χ0v) is 15.0. The van der Waals surface area contributed by atoms with Gasteiger partial charge < -0.3 is 0 Å². The van der Waals surface area contributed by atoms with Gasteiger partial charge in [-0.15, -0.1) is 10.2 Å². The summed E-state index contributed by atoms with van der Waals surface area (Å²) < 4.78 is 23.2. The molecular formula is C15H25N3O2S2. The molecule has 0 unspecified atom stereocenters. The Hall–Kier alpha value is -0.530. The molecule has 0 aromatic carbocycles. The van der Waals surface area contributed by atoms with Crippen molar-refractivity contribution in [1.29, 1.82) is 0 Å². The van der Waals surface area contributed by atoms with Gasteiger partial charge in [-0.1, -0.05) is 25.2 Å². The van der Waals surface area contributed by atoms with E-state index >= 15 is 0 Å². The van der Waals surface area contributed by atoms with E-state index in [1.807, 2.05) is 0 Å². The minimum absolute atomic E-state index is 0.284. The standard InChI is InChI=1S/C15H25N3O2S2/c1-12(2)14-17-16-13(21-14)11-18-7-3-15(4-8-18)5-9-22(19,20)10-6-15/h12H,3-11H2,1-2H3. The van der Waals surface area contributed by atoms with Crippen molar-refractivity contribution in [3.8, 4) is 0 Å². The van der Waals surface area contributed by atoms with Gasteiger partial charge in [0.2, 0.25) is 0 Å². The smallest absolute Gasteiger partial charge is 0.150 e. The SMILES string of the molecule is CC(C)c1nnc(CN2CCC3(CC2)CCS(=O)(=O)CC3)s1. The highest BCUT2D eigenvalue weighted by molar-refractivity contribution is 7.91. The van der Waals surface area contributed by atoms with Crippen molar-refractivity contribution in [2.75, 3.05) is 24.6 Å². The monoisotopic (exact) mass is 343 g/mol. The number of hydrogen-bond donors (Lipinski definition) is 0. The van der Waals surface area contributed by atoms with Crippen LogP contribution >= 0.6 is 11.3 Å². The first-order chi connectivity index (χ1) is 10.4. The Balaban J connectivity index is 1.53. The number of nitrogens with zero attached hydrogens (tertiary/aromatic N) is 3. The second kappa shape index (κ2) is 6.17. The minimum atomic E-state index is -2.76. The fourth-order valence-corrected chi connectivity index (χ4v) is 5.99. The molecule has 7 heteroatoms. The Morgan fingerprint density at radius 3 is 2.32 bits per heavy atom. The fraction of sp³-hybridized carbons (Fsp3) is 0.867. The summed E-state index contributed by atoms with van der Waals surface area (Å²) in [6, 6.07) is 0. The molecule has 1 spiro atoms. The highest BCUT2D eigenvalue weighted by Gasteiger charge is 2.39. The van der Waals surface area contributed by atoms with Crippen molar-refractivity contribution in [1.82, 2.24) is 15.1 Å². The molecule has 22 heavy (non-hydrogen) atoms. The van der Waals surface area contributed by atoms with Crippen LogP contribution in [-0.2, 0) is 16.4 Å². The summed E-state index contributed by atoms with van der Waals surface area (Å²) in [5.41, 5.74) is 0.284. The lowest BCUT2D eigenvalue weighted by Crippen LogP contribution is -2.43. The van der Waals surface area contributed by atoms with Crippen LogP contribution in [0.25, 0.3) is 0 Å². The molecule has 2 aliphatic rings. The number of aromatic nitrogens is 2. The highest BCUT2D eigenvalue weighted by atomic mass is 32.2. The summed E-state index contributed by atoms with van der Waals surface area (Å²) in [6.45, 7) is 7.28. The van der Waals surface area contributed by atoms with Crippen LogP contribution in [-0.4, -0.2) is 48.1 Å². The van der Waals surface area contributed by atoms with Crippen molar-refractivity contribution in [2.45, 2.75) is 52.0 Å². The second-order valence-corrected chi connectivity index (χ2v) is 10.5. The molecule has 0 N–H and O–H groups in total. The van der Waals surface area contributed by atoms with Crippen LogP contribution in [0.3, 0.4) is 0 Å². The van der Waals surface area contributed by atoms with Gasteiger partial charge in [-0.2, -0.15) is 0 Å². The third-order valence-corrected chi connectivity index (χ3v) is 8.00. The van der Waals surface area contributed by atoms with Crippen LogP contribution in [0, 0.1) is 5.41 Å². The van der Waals surface area contributed by atoms with Crippen LogP contribution in [0.2, 0.25) is 0 Å². The van der Waals surface area contributed by atoms with E-state index in [0.29, 0.717) is 17.4 Å². The van der Waals surface area contributed by atoms with Crippen molar-refractivity contribution in [2.24, 2.45) is 5.41 Å². The Bertz CT molecular complexity index is 600. The molecule has 3 rings (SSSR count). The quantitative estimate of drug-likeness (QED) is 0.843. The Labute approximate surface area is 137 Å². The van der Waals surface area contributed by atoms with Gasteiger partial charge >= 0.3 is 0 Å². The van der Waals surface area contributed by atoms with Gasteiger partial charge in [-0.25, -0.2) is 8.42 Å². The molecule has 0 atom stereocenters. The first-order valence-electron chi connectivity index (χ1n) is 8.13. The summed E-state index contributed by atoms with van der Waals surface area (Å²) in [6.07, 6.45) is 3.97. The molecule has 3 heterocycles. The van der Waals surface area contributed by atoms with E-state index in [0.717, 1.165) is 55.3 Å². The molecule has 0 bridgehead atoms. The Morgan fingerprint density at radius 1 is 1.14 bits per heavy atom. The highest BCUT2D eigenvalue weighted by Crippen LogP contribution is 2.42. The molecule has 0 aliphatic carbocycles. The lowest BCUT2D eigenvalue weighted by atomic mass is 9.74. The lowest BCUT2D eigenvalue weighted by Gasteiger charge is -2.43. The molecule has 2 fully saturated rings. The maximum absolute atomic E-state index is 11.6. The van der Waals surface area contributed by atoms with E-state index in [4.69, 9.17) is 0 Å². The maximum atomic E-state index is 11.6. The lowest BCUT2D eigenvalue weighted by molar-refractivity contribution is 0.0888. The number of likely N-dealkylation sites (tertiary alicyclic amines) is 1. The molecule has 2 saturated heterocycles. The summed E-state index contributed by atoms with van der Waals surface area (Å²) >= 11 is 1.72. The van der Waals surface area contributed by atoms with Crippen molar-refractivity contribution in [3.63, 3.8) is 0 Å². The van der Waals surface area contributed by atoms with Gasteiger partial charge in [0.25, 0.3) is 0 Å². The maximum Gasteiger partial charge on any atom is 0.150 e. The third kappa shape index (κ3) is 3.68. The summed E-state index contributed by atoms with van der Waals surface area (Å²) in [7, 11) is -2.76. The molecule has 0 radical (unpaired) electrons. The number of piperidine rings is 1. The number of rotatable bonds is 3. The minimum Gasteiger partial charge on any atom is -0.297 e. The van der Waals surface area contributed by atoms with Crippen LogP contribution in [0.15, 0.2) is 0 Å². The van der Waals surface area contributed by atoms with Gasteiger partial charge in [-0.05, 0) is 44.2 Å².